The Labute approximate surface area is 154 Å². The third-order valence-electron chi connectivity index (χ3n) is 4.44. The lowest BCUT2D eigenvalue weighted by Crippen LogP contribution is -2.49. The van der Waals surface area contributed by atoms with Crippen molar-refractivity contribution in [2.45, 2.75) is 0 Å². The van der Waals surface area contributed by atoms with E-state index in [4.69, 9.17) is 4.42 Å². The minimum absolute atomic E-state index is 0.0860. The molecule has 0 atom stereocenters. The summed E-state index contributed by atoms with van der Waals surface area (Å²) < 4.78 is 32.6. The number of aromatic nitrogens is 2. The van der Waals surface area contributed by atoms with Gasteiger partial charge in [-0.15, -0.1) is 10.2 Å². The molecule has 1 aliphatic heterocycles. The summed E-state index contributed by atoms with van der Waals surface area (Å²) in [6.45, 7) is 1.81. The maximum Gasteiger partial charge on any atom is 0.311 e. The monoisotopic (exact) mass is 370 g/mol. The molecule has 6 nitrogen and oxygen atoms in total. The van der Waals surface area contributed by atoms with Gasteiger partial charge in [-0.25, -0.2) is 8.78 Å². The fourth-order valence-electron chi connectivity index (χ4n) is 3.04. The van der Waals surface area contributed by atoms with Crippen molar-refractivity contribution in [3.05, 3.63) is 66.1 Å². The molecule has 0 bridgehead atoms. The van der Waals surface area contributed by atoms with Crippen molar-refractivity contribution in [1.82, 2.24) is 15.1 Å². The van der Waals surface area contributed by atoms with E-state index in [9.17, 15) is 13.6 Å². The number of anilines is 1. The maximum absolute atomic E-state index is 13.9. The third-order valence-corrected chi connectivity index (χ3v) is 4.44. The molecule has 8 heteroatoms. The second-order valence-corrected chi connectivity index (χ2v) is 6.15. The highest BCUT2D eigenvalue weighted by Crippen LogP contribution is 2.22. The quantitative estimate of drug-likeness (QED) is 0.709. The lowest BCUT2D eigenvalue weighted by molar-refractivity contribution is 0.0707. The van der Waals surface area contributed by atoms with Crippen LogP contribution in [0.1, 0.15) is 10.7 Å². The van der Waals surface area contributed by atoms with Crippen molar-refractivity contribution in [1.29, 1.82) is 0 Å². The summed E-state index contributed by atoms with van der Waals surface area (Å²) in [5.74, 6) is -1.16. The van der Waals surface area contributed by atoms with E-state index in [0.29, 0.717) is 37.4 Å². The van der Waals surface area contributed by atoms with E-state index >= 15 is 0 Å². The molecule has 0 N–H and O–H groups in total. The zero-order chi connectivity index (χ0) is 18.8. The van der Waals surface area contributed by atoms with Crippen LogP contribution in [0, 0.1) is 11.6 Å². The smallest absolute Gasteiger partial charge is 0.311 e. The van der Waals surface area contributed by atoms with Gasteiger partial charge in [-0.1, -0.05) is 18.2 Å². The Hall–Kier alpha value is -3.29. The molecule has 4 rings (SSSR count). The molecule has 2 heterocycles. The predicted octanol–water partition coefficient (Wildman–Crippen LogP) is 2.98. The molecule has 0 radical (unpaired) electrons. The summed E-state index contributed by atoms with van der Waals surface area (Å²) >= 11 is 0. The Kier molecular flexibility index (Phi) is 4.53. The second kappa shape index (κ2) is 7.14. The summed E-state index contributed by atoms with van der Waals surface area (Å²) in [6.07, 6.45) is 0. The highest BCUT2D eigenvalue weighted by Gasteiger charge is 2.27. The van der Waals surface area contributed by atoms with Gasteiger partial charge < -0.3 is 14.2 Å². The van der Waals surface area contributed by atoms with Crippen molar-refractivity contribution >= 4 is 11.6 Å². The van der Waals surface area contributed by atoms with E-state index in [1.807, 2.05) is 4.90 Å². The molecule has 1 amide bonds. The minimum Gasteiger partial charge on any atom is -0.412 e. The number of hydrogen-bond donors (Lipinski definition) is 0. The predicted molar refractivity (Wildman–Crippen MR) is 94.2 cm³/mol. The van der Waals surface area contributed by atoms with E-state index in [-0.39, 0.29) is 17.6 Å². The molecule has 0 aliphatic carbocycles. The number of rotatable bonds is 3. The van der Waals surface area contributed by atoms with Crippen LogP contribution in [0.5, 0.6) is 0 Å². The van der Waals surface area contributed by atoms with Gasteiger partial charge in [-0.3, -0.25) is 4.79 Å². The van der Waals surface area contributed by atoms with Gasteiger partial charge in [0.1, 0.15) is 11.6 Å². The molecule has 1 fully saturated rings. The first-order valence-corrected chi connectivity index (χ1v) is 8.50. The average Bonchev–Trinajstić information content (AvgIpc) is 3.18. The average molecular weight is 370 g/mol. The SMILES string of the molecule is O=C(c1nnc(-c2cccc(F)c2)o1)N1CCN(c2ccccc2F)CC1. The van der Waals surface area contributed by atoms with E-state index in [2.05, 4.69) is 10.2 Å². The summed E-state index contributed by atoms with van der Waals surface area (Å²) in [5.41, 5.74) is 0.932. The Morgan fingerprint density at radius 3 is 2.48 bits per heavy atom. The number of piperazine rings is 1. The number of carbonyl (C=O) groups excluding carboxylic acids is 1. The zero-order valence-electron chi connectivity index (χ0n) is 14.3. The van der Waals surface area contributed by atoms with Crippen LogP contribution in [0.3, 0.4) is 0 Å². The van der Waals surface area contributed by atoms with Gasteiger partial charge in [0.25, 0.3) is 0 Å². The van der Waals surface area contributed by atoms with Crippen molar-refractivity contribution in [2.24, 2.45) is 0 Å². The molecule has 138 valence electrons. The van der Waals surface area contributed by atoms with Gasteiger partial charge >= 0.3 is 11.8 Å². The number of halogens is 2. The van der Waals surface area contributed by atoms with Crippen LogP contribution < -0.4 is 4.90 Å². The number of amides is 1. The number of hydrogen-bond acceptors (Lipinski definition) is 5. The topological polar surface area (TPSA) is 62.5 Å². The molecular weight excluding hydrogens is 354 g/mol. The standard InChI is InChI=1S/C19H16F2N4O2/c20-14-5-3-4-13(12-14)17-22-23-18(27-17)19(26)25-10-8-24(9-11-25)16-7-2-1-6-15(16)21/h1-7,12H,8-11H2. The number of nitrogens with zero attached hydrogens (tertiary/aromatic N) is 4. The normalized spacial score (nSPS) is 14.4. The molecule has 0 unspecified atom stereocenters. The summed E-state index contributed by atoms with van der Waals surface area (Å²) in [6, 6.07) is 12.3. The highest BCUT2D eigenvalue weighted by atomic mass is 19.1. The molecule has 0 saturated carbocycles. The Bertz CT molecular complexity index is 968. The van der Waals surface area contributed by atoms with Gasteiger partial charge in [0, 0.05) is 31.7 Å². The van der Waals surface area contributed by atoms with Crippen LogP contribution in [0.15, 0.2) is 52.9 Å². The lowest BCUT2D eigenvalue weighted by atomic mass is 10.2. The van der Waals surface area contributed by atoms with Crippen LogP contribution in [0.2, 0.25) is 0 Å². The molecule has 3 aromatic rings. The Morgan fingerprint density at radius 2 is 1.74 bits per heavy atom. The molecule has 1 saturated heterocycles. The lowest BCUT2D eigenvalue weighted by Gasteiger charge is -2.35. The van der Waals surface area contributed by atoms with Crippen LogP contribution >= 0.6 is 0 Å². The Morgan fingerprint density at radius 1 is 0.963 bits per heavy atom. The van der Waals surface area contributed by atoms with Crippen molar-refractivity contribution in [2.75, 3.05) is 31.1 Å². The minimum atomic E-state index is -0.428. The Balaban J connectivity index is 1.43. The molecule has 2 aromatic carbocycles. The van der Waals surface area contributed by atoms with Crippen LogP contribution in [0.25, 0.3) is 11.5 Å². The summed E-state index contributed by atoms with van der Waals surface area (Å²) in [4.78, 5) is 16.1. The third kappa shape index (κ3) is 3.51. The molecule has 1 aromatic heterocycles. The fourth-order valence-corrected chi connectivity index (χ4v) is 3.04. The summed E-state index contributed by atoms with van der Waals surface area (Å²) in [7, 11) is 0. The maximum atomic E-state index is 13.9. The van der Waals surface area contributed by atoms with Gasteiger partial charge in [-0.05, 0) is 30.3 Å². The van der Waals surface area contributed by atoms with Gasteiger partial charge in [0.2, 0.25) is 5.89 Å². The van der Waals surface area contributed by atoms with E-state index < -0.39 is 11.7 Å². The largest absolute Gasteiger partial charge is 0.412 e. The highest BCUT2D eigenvalue weighted by molar-refractivity contribution is 5.90. The number of benzene rings is 2. The van der Waals surface area contributed by atoms with Crippen molar-refractivity contribution in [3.63, 3.8) is 0 Å². The first kappa shape index (κ1) is 17.1. The first-order chi connectivity index (χ1) is 13.1. The second-order valence-electron chi connectivity index (χ2n) is 6.15. The van der Waals surface area contributed by atoms with Crippen LogP contribution in [0.4, 0.5) is 14.5 Å². The van der Waals surface area contributed by atoms with Gasteiger partial charge in [0.05, 0.1) is 5.69 Å². The molecule has 27 heavy (non-hydrogen) atoms. The van der Waals surface area contributed by atoms with E-state index in [1.54, 1.807) is 29.2 Å². The van der Waals surface area contributed by atoms with Crippen molar-refractivity contribution < 1.29 is 18.0 Å². The van der Waals surface area contributed by atoms with E-state index in [1.165, 1.54) is 24.3 Å². The molecule has 1 aliphatic rings. The number of para-hydroxylation sites is 1. The fraction of sp³-hybridized carbons (Fsp3) is 0.211. The van der Waals surface area contributed by atoms with Crippen LogP contribution in [-0.2, 0) is 0 Å². The first-order valence-electron chi connectivity index (χ1n) is 8.50. The van der Waals surface area contributed by atoms with Crippen molar-refractivity contribution in [3.8, 4) is 11.5 Å². The zero-order valence-corrected chi connectivity index (χ0v) is 14.3. The van der Waals surface area contributed by atoms with Gasteiger partial charge in [0.15, 0.2) is 0 Å². The summed E-state index contributed by atoms with van der Waals surface area (Å²) in [5, 5.41) is 7.61. The van der Waals surface area contributed by atoms with Crippen LogP contribution in [-0.4, -0.2) is 47.2 Å². The molecule has 0 spiro atoms. The van der Waals surface area contributed by atoms with Gasteiger partial charge in [-0.2, -0.15) is 0 Å². The van der Waals surface area contributed by atoms with E-state index in [0.717, 1.165) is 0 Å². The number of carbonyl (C=O) groups is 1. The molecular formula is C19H16F2N4O2.